The Morgan fingerprint density at radius 1 is 0.933 bits per heavy atom. The average Bonchev–Trinajstić information content (AvgIpc) is 2.76. The number of halogens is 3. The Hall–Kier alpha value is -2.45. The molecular formula is C21H21Cl2FN6. The first-order valence-electron chi connectivity index (χ1n) is 9.50. The highest BCUT2D eigenvalue weighted by Gasteiger charge is 2.26. The molecule has 1 unspecified atom stereocenters. The molecule has 3 aromatic rings. The van der Waals surface area contributed by atoms with Gasteiger partial charge in [0.15, 0.2) is 0 Å². The molecule has 1 aromatic heterocycles. The van der Waals surface area contributed by atoms with Gasteiger partial charge in [-0.15, -0.1) is 0 Å². The number of piperazine rings is 1. The molecule has 1 saturated heterocycles. The minimum Gasteiger partial charge on any atom is -0.383 e. The van der Waals surface area contributed by atoms with E-state index >= 15 is 0 Å². The van der Waals surface area contributed by atoms with Crippen molar-refractivity contribution in [3.05, 3.63) is 70.2 Å². The highest BCUT2D eigenvalue weighted by molar-refractivity contribution is 6.42. The van der Waals surface area contributed by atoms with Gasteiger partial charge in [0.05, 0.1) is 21.8 Å². The Kier molecular flexibility index (Phi) is 6.06. The number of nitrogen functional groups attached to an aromatic ring is 1. The predicted molar refractivity (Wildman–Crippen MR) is 119 cm³/mol. The molecule has 0 saturated carbocycles. The molecule has 0 radical (unpaired) electrons. The topological polar surface area (TPSA) is 84.3 Å². The van der Waals surface area contributed by atoms with Gasteiger partial charge < -0.3 is 16.4 Å². The van der Waals surface area contributed by atoms with Crippen molar-refractivity contribution in [1.29, 1.82) is 0 Å². The van der Waals surface area contributed by atoms with Crippen molar-refractivity contribution in [2.45, 2.75) is 6.17 Å². The molecule has 2 aromatic carbocycles. The van der Waals surface area contributed by atoms with Gasteiger partial charge in [0.2, 0.25) is 0 Å². The maximum absolute atomic E-state index is 13.4. The van der Waals surface area contributed by atoms with Crippen LogP contribution in [0.15, 0.2) is 48.8 Å². The number of rotatable bonds is 4. The van der Waals surface area contributed by atoms with Gasteiger partial charge in [0.25, 0.3) is 0 Å². The molecule has 1 atom stereocenters. The SMILES string of the molecule is Nc1ncnc(N2CCN(C(N)c3ccc(Cl)c(Cl)c3)CC2)c1-c1ccc(F)cc1. The number of nitrogens with two attached hydrogens (primary N) is 2. The lowest BCUT2D eigenvalue weighted by atomic mass is 10.1. The van der Waals surface area contributed by atoms with Gasteiger partial charge in [0.1, 0.15) is 23.8 Å². The highest BCUT2D eigenvalue weighted by Crippen LogP contribution is 2.34. The number of benzene rings is 2. The Morgan fingerprint density at radius 3 is 2.30 bits per heavy atom. The molecule has 0 aliphatic carbocycles. The van der Waals surface area contributed by atoms with Gasteiger partial charge >= 0.3 is 0 Å². The third-order valence-electron chi connectivity index (χ3n) is 5.28. The molecule has 1 fully saturated rings. The third-order valence-corrected chi connectivity index (χ3v) is 6.02. The van der Waals surface area contributed by atoms with Gasteiger partial charge in [0, 0.05) is 26.2 Å². The van der Waals surface area contributed by atoms with E-state index in [4.69, 9.17) is 34.7 Å². The molecule has 30 heavy (non-hydrogen) atoms. The lowest BCUT2D eigenvalue weighted by Gasteiger charge is -2.39. The van der Waals surface area contributed by atoms with Gasteiger partial charge in [-0.1, -0.05) is 41.4 Å². The van der Waals surface area contributed by atoms with E-state index < -0.39 is 0 Å². The zero-order valence-electron chi connectivity index (χ0n) is 16.1. The molecule has 1 aliphatic rings. The number of hydrogen-bond donors (Lipinski definition) is 2. The van der Waals surface area contributed by atoms with E-state index in [1.165, 1.54) is 18.5 Å². The summed E-state index contributed by atoms with van der Waals surface area (Å²) < 4.78 is 13.4. The number of hydrogen-bond acceptors (Lipinski definition) is 6. The number of anilines is 2. The molecule has 4 rings (SSSR count). The van der Waals surface area contributed by atoms with Crippen LogP contribution in [0.1, 0.15) is 11.7 Å². The van der Waals surface area contributed by atoms with Crippen LogP contribution in [0.25, 0.3) is 11.1 Å². The zero-order valence-corrected chi connectivity index (χ0v) is 17.6. The molecule has 156 valence electrons. The fourth-order valence-electron chi connectivity index (χ4n) is 3.64. The van der Waals surface area contributed by atoms with Crippen LogP contribution >= 0.6 is 23.2 Å². The Bertz CT molecular complexity index is 1040. The minimum atomic E-state index is -0.305. The smallest absolute Gasteiger partial charge is 0.142 e. The molecule has 6 nitrogen and oxygen atoms in total. The van der Waals surface area contributed by atoms with Crippen molar-refractivity contribution in [3.8, 4) is 11.1 Å². The Balaban J connectivity index is 1.52. The van der Waals surface area contributed by atoms with Crippen molar-refractivity contribution in [3.63, 3.8) is 0 Å². The van der Waals surface area contributed by atoms with Crippen molar-refractivity contribution < 1.29 is 4.39 Å². The van der Waals surface area contributed by atoms with Crippen molar-refractivity contribution in [2.24, 2.45) is 5.73 Å². The first-order valence-corrected chi connectivity index (χ1v) is 10.3. The predicted octanol–water partition coefficient (Wildman–Crippen LogP) is 3.95. The van der Waals surface area contributed by atoms with E-state index in [2.05, 4.69) is 19.8 Å². The highest BCUT2D eigenvalue weighted by atomic mass is 35.5. The van der Waals surface area contributed by atoms with Gasteiger partial charge in [-0.05, 0) is 35.4 Å². The Labute approximate surface area is 184 Å². The zero-order chi connectivity index (χ0) is 21.3. The van der Waals surface area contributed by atoms with E-state index in [0.717, 1.165) is 30.0 Å². The normalized spacial score (nSPS) is 15.9. The maximum atomic E-state index is 13.4. The first kappa shape index (κ1) is 20.8. The van der Waals surface area contributed by atoms with Crippen molar-refractivity contribution in [1.82, 2.24) is 14.9 Å². The molecule has 4 N–H and O–H groups in total. The summed E-state index contributed by atoms with van der Waals surface area (Å²) >= 11 is 12.1. The summed E-state index contributed by atoms with van der Waals surface area (Å²) in [5.41, 5.74) is 15.0. The summed E-state index contributed by atoms with van der Waals surface area (Å²) in [7, 11) is 0. The standard InChI is InChI=1S/C21H21Cl2FN6/c22-16-6-3-14(11-17(16)23)20(26)29-7-9-30(10-8-29)21-18(19(25)27-12-28-21)13-1-4-15(24)5-2-13/h1-6,11-12,20H,7-10,26H2,(H2,25,27,28). The van der Waals surface area contributed by atoms with Crippen LogP contribution in [0.3, 0.4) is 0 Å². The maximum Gasteiger partial charge on any atom is 0.142 e. The second-order valence-corrected chi connectivity index (χ2v) is 7.92. The summed E-state index contributed by atoms with van der Waals surface area (Å²) in [5.74, 6) is 0.791. The molecule has 0 amide bonds. The van der Waals surface area contributed by atoms with E-state index in [9.17, 15) is 4.39 Å². The lowest BCUT2D eigenvalue weighted by Crippen LogP contribution is -2.50. The van der Waals surface area contributed by atoms with Crippen LogP contribution in [0.5, 0.6) is 0 Å². The minimum absolute atomic E-state index is 0.283. The fraction of sp³-hybridized carbons (Fsp3) is 0.238. The summed E-state index contributed by atoms with van der Waals surface area (Å²) in [4.78, 5) is 12.9. The molecule has 2 heterocycles. The van der Waals surface area contributed by atoms with Crippen LogP contribution in [0.2, 0.25) is 10.0 Å². The van der Waals surface area contributed by atoms with Crippen molar-refractivity contribution >= 4 is 34.8 Å². The van der Waals surface area contributed by atoms with Crippen LogP contribution in [0, 0.1) is 5.82 Å². The quantitative estimate of drug-likeness (QED) is 0.630. The molecule has 0 spiro atoms. The fourth-order valence-corrected chi connectivity index (χ4v) is 3.95. The van der Waals surface area contributed by atoms with Crippen LogP contribution in [0.4, 0.5) is 16.0 Å². The second-order valence-electron chi connectivity index (χ2n) is 7.11. The number of aromatic nitrogens is 2. The van der Waals surface area contributed by atoms with Gasteiger partial charge in [-0.3, -0.25) is 4.90 Å². The van der Waals surface area contributed by atoms with E-state index in [0.29, 0.717) is 34.5 Å². The Morgan fingerprint density at radius 2 is 1.63 bits per heavy atom. The number of nitrogens with zero attached hydrogens (tertiary/aromatic N) is 4. The molecule has 0 bridgehead atoms. The van der Waals surface area contributed by atoms with Gasteiger partial charge in [-0.25, -0.2) is 14.4 Å². The first-order chi connectivity index (χ1) is 14.4. The van der Waals surface area contributed by atoms with Crippen LogP contribution in [-0.4, -0.2) is 41.0 Å². The summed E-state index contributed by atoms with van der Waals surface area (Å²) in [6, 6.07) is 11.6. The van der Waals surface area contributed by atoms with Crippen LogP contribution < -0.4 is 16.4 Å². The van der Waals surface area contributed by atoms with Gasteiger partial charge in [-0.2, -0.15) is 0 Å². The summed E-state index contributed by atoms with van der Waals surface area (Å²) in [5, 5.41) is 0.996. The van der Waals surface area contributed by atoms with E-state index in [1.807, 2.05) is 6.07 Å². The van der Waals surface area contributed by atoms with Crippen LogP contribution in [-0.2, 0) is 0 Å². The summed E-state index contributed by atoms with van der Waals surface area (Å²) in [6.45, 7) is 2.88. The van der Waals surface area contributed by atoms with Crippen molar-refractivity contribution in [2.75, 3.05) is 36.8 Å². The monoisotopic (exact) mass is 446 g/mol. The summed E-state index contributed by atoms with van der Waals surface area (Å²) in [6.07, 6.45) is 1.17. The molecule has 1 aliphatic heterocycles. The lowest BCUT2D eigenvalue weighted by molar-refractivity contribution is 0.189. The van der Waals surface area contributed by atoms with E-state index in [-0.39, 0.29) is 12.0 Å². The molecular weight excluding hydrogens is 426 g/mol. The third kappa shape index (κ3) is 4.20. The average molecular weight is 447 g/mol. The largest absolute Gasteiger partial charge is 0.383 e. The van der Waals surface area contributed by atoms with E-state index in [1.54, 1.807) is 24.3 Å². The molecule has 9 heteroatoms. The second kappa shape index (κ2) is 8.73.